The number of aryl methyl sites for hydroxylation is 1. The van der Waals surface area contributed by atoms with Crippen LogP contribution in [0.1, 0.15) is 34.4 Å². The molecule has 0 aliphatic carbocycles. The molecular formula is C23H22N4O3. The predicted octanol–water partition coefficient (Wildman–Crippen LogP) is 4.03. The Kier molecular flexibility index (Phi) is 5.70. The summed E-state index contributed by atoms with van der Waals surface area (Å²) >= 11 is 0. The number of fused-ring (bicyclic) bond motifs is 1. The predicted molar refractivity (Wildman–Crippen MR) is 112 cm³/mol. The zero-order valence-electron chi connectivity index (χ0n) is 16.9. The van der Waals surface area contributed by atoms with Crippen molar-refractivity contribution in [1.82, 2.24) is 20.0 Å². The number of carbonyl (C=O) groups excluding carboxylic acids is 1. The minimum atomic E-state index is -0.233. The number of carbonyl (C=O) groups is 1. The molecule has 152 valence electrons. The first-order valence-electron chi connectivity index (χ1n) is 9.75. The van der Waals surface area contributed by atoms with Crippen LogP contribution in [0.3, 0.4) is 0 Å². The Morgan fingerprint density at radius 3 is 2.83 bits per heavy atom. The zero-order chi connectivity index (χ0) is 20.9. The molecule has 0 atom stereocenters. The van der Waals surface area contributed by atoms with E-state index in [1.54, 1.807) is 24.2 Å². The van der Waals surface area contributed by atoms with Crippen LogP contribution in [0.4, 0.5) is 0 Å². The Bertz CT molecular complexity index is 1150. The number of hydrogen-bond donors (Lipinski definition) is 0. The maximum atomic E-state index is 12.6. The normalized spacial score (nSPS) is 10.9. The van der Waals surface area contributed by atoms with Crippen LogP contribution in [0.25, 0.3) is 10.9 Å². The number of ether oxygens (including phenoxy) is 1. The average Bonchev–Trinajstić information content (AvgIpc) is 3.26. The summed E-state index contributed by atoms with van der Waals surface area (Å²) in [5.74, 6) is 0.935. The van der Waals surface area contributed by atoms with E-state index in [-0.39, 0.29) is 18.2 Å². The maximum absolute atomic E-state index is 12.6. The first-order chi connectivity index (χ1) is 14.6. The number of hydrogen-bond acceptors (Lipinski definition) is 6. The minimum Gasteiger partial charge on any atom is -0.486 e. The number of amides is 1. The van der Waals surface area contributed by atoms with E-state index in [0.29, 0.717) is 18.1 Å². The Hall–Kier alpha value is -3.74. The molecule has 4 rings (SSSR count). The second-order valence-corrected chi connectivity index (χ2v) is 7.00. The standard InChI is InChI=1S/C23H22N4O3/c1-3-16-6-7-18(25-13-16)14-27(2)23(28)22-12-20(30-26-22)15-29-19-8-9-21-17(11-19)5-4-10-24-21/h4-13H,3,14-15H2,1-2H3. The summed E-state index contributed by atoms with van der Waals surface area (Å²) in [4.78, 5) is 22.9. The summed E-state index contributed by atoms with van der Waals surface area (Å²) in [5.41, 5.74) is 3.13. The van der Waals surface area contributed by atoms with Gasteiger partial charge in [-0.2, -0.15) is 0 Å². The SMILES string of the molecule is CCc1ccc(CN(C)C(=O)c2cc(COc3ccc4ncccc4c3)on2)nc1. The van der Waals surface area contributed by atoms with Crippen LogP contribution < -0.4 is 4.74 Å². The highest BCUT2D eigenvalue weighted by Crippen LogP contribution is 2.20. The van der Waals surface area contributed by atoms with Crippen LogP contribution in [0.2, 0.25) is 0 Å². The molecular weight excluding hydrogens is 380 g/mol. The van der Waals surface area contributed by atoms with Crippen LogP contribution >= 0.6 is 0 Å². The van der Waals surface area contributed by atoms with Gasteiger partial charge in [-0.05, 0) is 42.3 Å². The molecule has 0 aliphatic heterocycles. The van der Waals surface area contributed by atoms with Crippen LogP contribution in [-0.4, -0.2) is 33.0 Å². The topological polar surface area (TPSA) is 81.4 Å². The molecule has 1 aromatic carbocycles. The largest absolute Gasteiger partial charge is 0.486 e. The fourth-order valence-electron chi connectivity index (χ4n) is 3.05. The van der Waals surface area contributed by atoms with Gasteiger partial charge in [0.1, 0.15) is 12.4 Å². The first-order valence-corrected chi connectivity index (χ1v) is 9.75. The van der Waals surface area contributed by atoms with Crippen LogP contribution in [0.15, 0.2) is 65.4 Å². The molecule has 7 nitrogen and oxygen atoms in total. The molecule has 0 radical (unpaired) electrons. The highest BCUT2D eigenvalue weighted by Gasteiger charge is 2.18. The van der Waals surface area contributed by atoms with Gasteiger partial charge in [0.25, 0.3) is 5.91 Å². The minimum absolute atomic E-state index is 0.176. The van der Waals surface area contributed by atoms with E-state index >= 15 is 0 Å². The van der Waals surface area contributed by atoms with Crippen molar-refractivity contribution < 1.29 is 14.1 Å². The van der Waals surface area contributed by atoms with Gasteiger partial charge >= 0.3 is 0 Å². The van der Waals surface area contributed by atoms with Gasteiger partial charge in [-0.15, -0.1) is 0 Å². The molecule has 1 amide bonds. The van der Waals surface area contributed by atoms with Gasteiger partial charge in [0.15, 0.2) is 11.5 Å². The lowest BCUT2D eigenvalue weighted by atomic mass is 10.2. The maximum Gasteiger partial charge on any atom is 0.276 e. The van der Waals surface area contributed by atoms with Gasteiger partial charge in [-0.3, -0.25) is 14.8 Å². The van der Waals surface area contributed by atoms with Crippen LogP contribution in [0, 0.1) is 0 Å². The van der Waals surface area contributed by atoms with E-state index in [1.807, 2.05) is 48.7 Å². The Morgan fingerprint density at radius 1 is 1.13 bits per heavy atom. The number of benzene rings is 1. The molecule has 0 fully saturated rings. The number of nitrogens with zero attached hydrogens (tertiary/aromatic N) is 4. The van der Waals surface area contributed by atoms with Crippen molar-refractivity contribution in [3.63, 3.8) is 0 Å². The second kappa shape index (κ2) is 8.73. The third kappa shape index (κ3) is 4.46. The fourth-order valence-corrected chi connectivity index (χ4v) is 3.05. The van der Waals surface area contributed by atoms with E-state index in [4.69, 9.17) is 9.26 Å². The zero-order valence-corrected chi connectivity index (χ0v) is 16.9. The smallest absolute Gasteiger partial charge is 0.276 e. The molecule has 0 aliphatic rings. The average molecular weight is 402 g/mol. The molecule has 30 heavy (non-hydrogen) atoms. The second-order valence-electron chi connectivity index (χ2n) is 7.00. The Labute approximate surface area is 174 Å². The highest BCUT2D eigenvalue weighted by atomic mass is 16.5. The van der Waals surface area contributed by atoms with Crippen molar-refractivity contribution in [3.05, 3.63) is 83.6 Å². The lowest BCUT2D eigenvalue weighted by molar-refractivity contribution is 0.0772. The summed E-state index contributed by atoms with van der Waals surface area (Å²) < 4.78 is 11.0. The quantitative estimate of drug-likeness (QED) is 0.464. The Balaban J connectivity index is 1.36. The van der Waals surface area contributed by atoms with Gasteiger partial charge in [0, 0.05) is 30.9 Å². The molecule has 0 spiro atoms. The van der Waals surface area contributed by atoms with Crippen molar-refractivity contribution >= 4 is 16.8 Å². The van der Waals surface area contributed by atoms with Gasteiger partial charge in [0.05, 0.1) is 17.8 Å². The molecule has 3 aromatic heterocycles. The first kappa shape index (κ1) is 19.6. The van der Waals surface area contributed by atoms with Crippen molar-refractivity contribution in [2.24, 2.45) is 0 Å². The van der Waals surface area contributed by atoms with E-state index in [0.717, 1.165) is 28.6 Å². The summed E-state index contributed by atoms with van der Waals surface area (Å²) in [5, 5.41) is 4.88. The molecule has 3 heterocycles. The van der Waals surface area contributed by atoms with Gasteiger partial charge < -0.3 is 14.2 Å². The molecule has 0 saturated heterocycles. The Morgan fingerprint density at radius 2 is 2.03 bits per heavy atom. The molecule has 4 aromatic rings. The van der Waals surface area contributed by atoms with Crippen molar-refractivity contribution in [2.75, 3.05) is 7.05 Å². The molecule has 0 unspecified atom stereocenters. The number of pyridine rings is 2. The van der Waals surface area contributed by atoms with E-state index in [9.17, 15) is 4.79 Å². The van der Waals surface area contributed by atoms with E-state index in [2.05, 4.69) is 22.0 Å². The van der Waals surface area contributed by atoms with Crippen LogP contribution in [0.5, 0.6) is 5.75 Å². The molecule has 0 bridgehead atoms. The molecule has 7 heteroatoms. The fraction of sp³-hybridized carbons (Fsp3) is 0.217. The summed E-state index contributed by atoms with van der Waals surface area (Å²) in [7, 11) is 1.71. The van der Waals surface area contributed by atoms with E-state index < -0.39 is 0 Å². The van der Waals surface area contributed by atoms with Gasteiger partial charge in [-0.1, -0.05) is 24.2 Å². The van der Waals surface area contributed by atoms with Gasteiger partial charge in [0.2, 0.25) is 0 Å². The third-order valence-electron chi connectivity index (χ3n) is 4.77. The summed E-state index contributed by atoms with van der Waals surface area (Å²) in [6, 6.07) is 15.1. The van der Waals surface area contributed by atoms with Crippen molar-refractivity contribution in [3.8, 4) is 5.75 Å². The highest BCUT2D eigenvalue weighted by molar-refractivity contribution is 5.92. The number of aromatic nitrogens is 3. The van der Waals surface area contributed by atoms with Crippen LogP contribution in [-0.2, 0) is 19.6 Å². The van der Waals surface area contributed by atoms with Crippen molar-refractivity contribution in [2.45, 2.75) is 26.5 Å². The molecule has 0 N–H and O–H groups in total. The molecule has 0 saturated carbocycles. The summed E-state index contributed by atoms with van der Waals surface area (Å²) in [6.07, 6.45) is 4.52. The van der Waals surface area contributed by atoms with Crippen molar-refractivity contribution in [1.29, 1.82) is 0 Å². The lowest BCUT2D eigenvalue weighted by Crippen LogP contribution is -2.26. The summed E-state index contributed by atoms with van der Waals surface area (Å²) in [6.45, 7) is 2.65. The monoisotopic (exact) mass is 402 g/mol. The lowest BCUT2D eigenvalue weighted by Gasteiger charge is -2.15. The van der Waals surface area contributed by atoms with Gasteiger partial charge in [-0.25, -0.2) is 0 Å². The third-order valence-corrected chi connectivity index (χ3v) is 4.77. The number of rotatable bonds is 7. The van der Waals surface area contributed by atoms with E-state index in [1.165, 1.54) is 0 Å².